The second-order valence-electron chi connectivity index (χ2n) is 4.72. The van der Waals surface area contributed by atoms with E-state index < -0.39 is 0 Å². The molecule has 0 fully saturated rings. The van der Waals surface area contributed by atoms with Gasteiger partial charge in [0.2, 0.25) is 0 Å². The number of hydrogen-bond acceptors (Lipinski definition) is 3. The van der Waals surface area contributed by atoms with Crippen molar-refractivity contribution in [3.05, 3.63) is 16.1 Å². The van der Waals surface area contributed by atoms with Crippen LogP contribution < -0.4 is 10.6 Å². The molecular weight excluding hydrogens is 371 g/mol. The number of halogens is 1. The summed E-state index contributed by atoms with van der Waals surface area (Å²) in [6.07, 6.45) is 1.90. The molecule has 0 saturated heterocycles. The van der Waals surface area contributed by atoms with Gasteiger partial charge in [0.15, 0.2) is 5.96 Å². The van der Waals surface area contributed by atoms with Gasteiger partial charge >= 0.3 is 0 Å². The molecule has 0 spiro atoms. The van der Waals surface area contributed by atoms with E-state index in [0.717, 1.165) is 17.5 Å². The molecule has 1 unspecified atom stereocenters. The first-order valence-electron chi connectivity index (χ1n) is 6.49. The van der Waals surface area contributed by atoms with E-state index in [1.54, 1.807) is 11.3 Å². The fourth-order valence-corrected chi connectivity index (χ4v) is 2.06. The third-order valence-electron chi connectivity index (χ3n) is 2.77. The molecule has 4 nitrogen and oxygen atoms in total. The van der Waals surface area contributed by atoms with Crippen molar-refractivity contribution < 1.29 is 0 Å². The van der Waals surface area contributed by atoms with E-state index in [0.29, 0.717) is 18.5 Å². The lowest BCUT2D eigenvalue weighted by atomic mass is 10.1. The predicted octanol–water partition coefficient (Wildman–Crippen LogP) is 3.17. The zero-order chi connectivity index (χ0) is 13.5. The maximum absolute atomic E-state index is 4.58. The number of aliphatic imine (C=N–C) groups is 1. The molecule has 0 aromatic carbocycles. The van der Waals surface area contributed by atoms with Gasteiger partial charge in [0, 0.05) is 23.7 Å². The number of rotatable bonds is 5. The maximum Gasteiger partial charge on any atom is 0.191 e. The molecule has 6 heteroatoms. The second-order valence-corrected chi connectivity index (χ2v) is 6.04. The van der Waals surface area contributed by atoms with Crippen molar-refractivity contribution in [1.82, 2.24) is 15.6 Å². The van der Waals surface area contributed by atoms with Crippen LogP contribution in [0.1, 0.15) is 37.6 Å². The fraction of sp³-hybridized carbons (Fsp3) is 0.692. The minimum absolute atomic E-state index is 0. The SMILES string of the molecule is CCNC(=NCc1cnc(C)s1)NC(C)C(C)C.I. The molecule has 1 heterocycles. The van der Waals surface area contributed by atoms with Gasteiger partial charge in [-0.2, -0.15) is 0 Å². The Bertz CT molecular complexity index is 390. The number of thiazole rings is 1. The van der Waals surface area contributed by atoms with Crippen LogP contribution >= 0.6 is 35.3 Å². The number of nitrogens with one attached hydrogen (secondary N) is 2. The maximum atomic E-state index is 4.58. The Balaban J connectivity index is 0.00000324. The normalized spacial score (nSPS) is 13.1. The van der Waals surface area contributed by atoms with Gasteiger partial charge in [0.25, 0.3) is 0 Å². The summed E-state index contributed by atoms with van der Waals surface area (Å²) in [5.74, 6) is 1.46. The molecule has 0 aliphatic carbocycles. The van der Waals surface area contributed by atoms with E-state index in [1.807, 2.05) is 13.1 Å². The molecule has 1 aromatic heterocycles. The summed E-state index contributed by atoms with van der Waals surface area (Å²) in [5, 5.41) is 7.78. The number of aromatic nitrogens is 1. The van der Waals surface area contributed by atoms with Crippen LogP contribution in [0.3, 0.4) is 0 Å². The summed E-state index contributed by atoms with van der Waals surface area (Å²) >= 11 is 1.70. The van der Waals surface area contributed by atoms with E-state index in [-0.39, 0.29) is 24.0 Å². The van der Waals surface area contributed by atoms with Crippen LogP contribution in [-0.2, 0) is 6.54 Å². The van der Waals surface area contributed by atoms with E-state index >= 15 is 0 Å². The quantitative estimate of drug-likeness (QED) is 0.457. The molecule has 0 radical (unpaired) electrons. The van der Waals surface area contributed by atoms with E-state index in [2.05, 4.69) is 48.3 Å². The molecule has 0 aliphatic heterocycles. The topological polar surface area (TPSA) is 49.3 Å². The number of nitrogens with zero attached hydrogens (tertiary/aromatic N) is 2. The van der Waals surface area contributed by atoms with Crippen molar-refractivity contribution in [3.63, 3.8) is 0 Å². The van der Waals surface area contributed by atoms with Crippen molar-refractivity contribution >= 4 is 41.3 Å². The molecule has 0 amide bonds. The average Bonchev–Trinajstić information content (AvgIpc) is 2.72. The zero-order valence-corrected chi connectivity index (χ0v) is 15.5. The molecule has 19 heavy (non-hydrogen) atoms. The fourth-order valence-electron chi connectivity index (χ4n) is 1.34. The smallest absolute Gasteiger partial charge is 0.191 e. The number of guanidine groups is 1. The molecular formula is C13H25IN4S. The van der Waals surface area contributed by atoms with Crippen molar-refractivity contribution in [2.75, 3.05) is 6.54 Å². The minimum Gasteiger partial charge on any atom is -0.357 e. The van der Waals surface area contributed by atoms with Crippen LogP contribution in [-0.4, -0.2) is 23.5 Å². The molecule has 0 aliphatic rings. The second kappa shape index (κ2) is 9.52. The Morgan fingerprint density at radius 2 is 2.11 bits per heavy atom. The average molecular weight is 396 g/mol. The Morgan fingerprint density at radius 3 is 2.58 bits per heavy atom. The van der Waals surface area contributed by atoms with Crippen molar-refractivity contribution in [1.29, 1.82) is 0 Å². The highest BCUT2D eigenvalue weighted by atomic mass is 127. The van der Waals surface area contributed by atoms with Crippen LogP contribution in [0.2, 0.25) is 0 Å². The van der Waals surface area contributed by atoms with Crippen LogP contribution in [0.15, 0.2) is 11.2 Å². The first-order chi connectivity index (χ1) is 8.52. The van der Waals surface area contributed by atoms with E-state index in [1.165, 1.54) is 4.88 Å². The van der Waals surface area contributed by atoms with Crippen LogP contribution in [0, 0.1) is 12.8 Å². The van der Waals surface area contributed by atoms with Crippen LogP contribution in [0.4, 0.5) is 0 Å². The van der Waals surface area contributed by atoms with Gasteiger partial charge in [-0.25, -0.2) is 9.98 Å². The lowest BCUT2D eigenvalue weighted by Crippen LogP contribution is -2.44. The lowest BCUT2D eigenvalue weighted by molar-refractivity contribution is 0.481. The Labute approximate surface area is 137 Å². The Hall–Kier alpha value is -0.370. The van der Waals surface area contributed by atoms with Crippen LogP contribution in [0.5, 0.6) is 0 Å². The summed E-state index contributed by atoms with van der Waals surface area (Å²) in [6, 6.07) is 0.408. The highest BCUT2D eigenvalue weighted by molar-refractivity contribution is 14.0. The van der Waals surface area contributed by atoms with Gasteiger partial charge in [0.05, 0.1) is 11.6 Å². The molecule has 0 saturated carbocycles. The molecule has 0 bridgehead atoms. The number of aryl methyl sites for hydroxylation is 1. The third kappa shape index (κ3) is 7.10. The number of hydrogen-bond donors (Lipinski definition) is 2. The Morgan fingerprint density at radius 1 is 1.42 bits per heavy atom. The zero-order valence-electron chi connectivity index (χ0n) is 12.4. The van der Waals surface area contributed by atoms with Crippen molar-refractivity contribution in [2.24, 2.45) is 10.9 Å². The third-order valence-corrected chi connectivity index (χ3v) is 3.67. The summed E-state index contributed by atoms with van der Waals surface area (Å²) in [6.45, 7) is 12.2. The van der Waals surface area contributed by atoms with Crippen molar-refractivity contribution in [2.45, 2.75) is 47.2 Å². The van der Waals surface area contributed by atoms with Gasteiger partial charge in [-0.15, -0.1) is 35.3 Å². The van der Waals surface area contributed by atoms with Gasteiger partial charge < -0.3 is 10.6 Å². The first kappa shape index (κ1) is 18.6. The van der Waals surface area contributed by atoms with Crippen molar-refractivity contribution in [3.8, 4) is 0 Å². The Kier molecular flexibility index (Phi) is 9.34. The summed E-state index contributed by atoms with van der Waals surface area (Å²) in [4.78, 5) is 10.0. The van der Waals surface area contributed by atoms with Gasteiger partial charge in [-0.05, 0) is 26.7 Å². The van der Waals surface area contributed by atoms with Gasteiger partial charge in [-0.1, -0.05) is 13.8 Å². The van der Waals surface area contributed by atoms with E-state index in [9.17, 15) is 0 Å². The standard InChI is InChI=1S/C13H24N4S.HI/c1-6-14-13(17-10(4)9(2)3)16-8-12-7-15-11(5)18-12;/h7,9-10H,6,8H2,1-5H3,(H2,14,16,17);1H. The highest BCUT2D eigenvalue weighted by Crippen LogP contribution is 2.12. The van der Waals surface area contributed by atoms with Gasteiger partial charge in [0.1, 0.15) is 0 Å². The molecule has 1 atom stereocenters. The molecule has 2 N–H and O–H groups in total. The predicted molar refractivity (Wildman–Crippen MR) is 94.5 cm³/mol. The molecule has 1 rings (SSSR count). The van der Waals surface area contributed by atoms with E-state index in [4.69, 9.17) is 0 Å². The first-order valence-corrected chi connectivity index (χ1v) is 7.30. The van der Waals surface area contributed by atoms with Crippen LogP contribution in [0.25, 0.3) is 0 Å². The monoisotopic (exact) mass is 396 g/mol. The van der Waals surface area contributed by atoms with Gasteiger partial charge in [-0.3, -0.25) is 0 Å². The largest absolute Gasteiger partial charge is 0.357 e. The molecule has 1 aromatic rings. The lowest BCUT2D eigenvalue weighted by Gasteiger charge is -2.20. The minimum atomic E-state index is 0. The summed E-state index contributed by atoms with van der Waals surface area (Å²) in [5.41, 5.74) is 0. The summed E-state index contributed by atoms with van der Waals surface area (Å²) < 4.78 is 0. The highest BCUT2D eigenvalue weighted by Gasteiger charge is 2.08. The molecule has 110 valence electrons. The summed E-state index contributed by atoms with van der Waals surface area (Å²) in [7, 11) is 0.